The maximum atomic E-state index is 11.4. The average Bonchev–Trinajstić information content (AvgIpc) is 2.63. The van der Waals surface area contributed by atoms with Gasteiger partial charge in [-0.3, -0.25) is 0 Å². The van der Waals surface area contributed by atoms with Crippen molar-refractivity contribution in [1.82, 2.24) is 0 Å². The van der Waals surface area contributed by atoms with Crippen LogP contribution in [-0.2, 0) is 14.6 Å². The van der Waals surface area contributed by atoms with Crippen LogP contribution in [-0.4, -0.2) is 44.9 Å². The van der Waals surface area contributed by atoms with E-state index in [-0.39, 0.29) is 29.9 Å². The van der Waals surface area contributed by atoms with Crippen LogP contribution in [0.25, 0.3) is 0 Å². The van der Waals surface area contributed by atoms with Gasteiger partial charge in [0.25, 0.3) is 0 Å². The molecule has 4 nitrogen and oxygen atoms in total. The van der Waals surface area contributed by atoms with Crippen molar-refractivity contribution < 1.29 is 18.3 Å². The van der Waals surface area contributed by atoms with Crippen LogP contribution >= 0.6 is 0 Å². The normalized spacial score (nSPS) is 24.6. The number of sulfone groups is 1. The van der Waals surface area contributed by atoms with Crippen molar-refractivity contribution in [3.8, 4) is 0 Å². The van der Waals surface area contributed by atoms with Gasteiger partial charge in [0.1, 0.15) is 0 Å². The minimum atomic E-state index is -2.85. The summed E-state index contributed by atoms with van der Waals surface area (Å²) in [6.07, 6.45) is 2.50. The molecule has 18 heavy (non-hydrogen) atoms. The molecule has 1 rings (SSSR count). The van der Waals surface area contributed by atoms with Crippen molar-refractivity contribution in [3.05, 3.63) is 0 Å². The molecule has 1 N–H and O–H groups in total. The van der Waals surface area contributed by atoms with E-state index in [4.69, 9.17) is 4.74 Å². The first kappa shape index (κ1) is 15.9. The summed E-state index contributed by atoms with van der Waals surface area (Å²) in [6, 6.07) is 0. The molecule has 5 heteroatoms. The van der Waals surface area contributed by atoms with Crippen LogP contribution in [0.15, 0.2) is 0 Å². The SMILES string of the molecule is CC(C)CCOCCC(CO)C1CCS(=O)(=O)C1. The van der Waals surface area contributed by atoms with E-state index in [0.717, 1.165) is 19.4 Å². The second-order valence-electron chi connectivity index (χ2n) is 5.69. The van der Waals surface area contributed by atoms with Crippen LogP contribution in [0.5, 0.6) is 0 Å². The Morgan fingerprint density at radius 1 is 1.28 bits per heavy atom. The van der Waals surface area contributed by atoms with Gasteiger partial charge in [-0.2, -0.15) is 0 Å². The van der Waals surface area contributed by atoms with Crippen molar-refractivity contribution >= 4 is 9.84 Å². The Labute approximate surface area is 111 Å². The lowest BCUT2D eigenvalue weighted by atomic mass is 9.90. The first-order valence-corrected chi connectivity index (χ1v) is 8.65. The molecule has 1 saturated heterocycles. The smallest absolute Gasteiger partial charge is 0.150 e. The second kappa shape index (κ2) is 7.46. The summed E-state index contributed by atoms with van der Waals surface area (Å²) in [5.74, 6) is 1.35. The van der Waals surface area contributed by atoms with Gasteiger partial charge in [0.05, 0.1) is 11.5 Å². The Morgan fingerprint density at radius 2 is 1.94 bits per heavy atom. The van der Waals surface area contributed by atoms with Gasteiger partial charge in [0.2, 0.25) is 0 Å². The van der Waals surface area contributed by atoms with Crippen LogP contribution in [0.2, 0.25) is 0 Å². The van der Waals surface area contributed by atoms with Gasteiger partial charge in [-0.25, -0.2) is 8.42 Å². The maximum Gasteiger partial charge on any atom is 0.150 e. The lowest BCUT2D eigenvalue weighted by Crippen LogP contribution is -2.21. The molecule has 0 saturated carbocycles. The largest absolute Gasteiger partial charge is 0.396 e. The highest BCUT2D eigenvalue weighted by atomic mass is 32.2. The van der Waals surface area contributed by atoms with Gasteiger partial charge in [-0.1, -0.05) is 13.8 Å². The minimum Gasteiger partial charge on any atom is -0.396 e. The Hall–Kier alpha value is -0.130. The molecule has 1 aliphatic rings. The number of hydrogen-bond acceptors (Lipinski definition) is 4. The summed E-state index contributed by atoms with van der Waals surface area (Å²) < 4.78 is 28.3. The zero-order valence-corrected chi connectivity index (χ0v) is 12.3. The standard InChI is InChI=1S/C13H26O4S/c1-11(2)3-6-17-7-4-12(9-14)13-5-8-18(15,16)10-13/h11-14H,3-10H2,1-2H3. The molecule has 0 amide bonds. The van der Waals surface area contributed by atoms with E-state index in [0.29, 0.717) is 18.9 Å². The van der Waals surface area contributed by atoms with Crippen molar-refractivity contribution in [2.24, 2.45) is 17.8 Å². The van der Waals surface area contributed by atoms with E-state index in [1.165, 1.54) is 0 Å². The lowest BCUT2D eigenvalue weighted by molar-refractivity contribution is 0.0858. The van der Waals surface area contributed by atoms with E-state index in [1.54, 1.807) is 0 Å². The highest BCUT2D eigenvalue weighted by molar-refractivity contribution is 7.91. The maximum absolute atomic E-state index is 11.4. The topological polar surface area (TPSA) is 63.6 Å². The number of rotatable bonds is 8. The first-order valence-electron chi connectivity index (χ1n) is 6.83. The van der Waals surface area contributed by atoms with Crippen LogP contribution in [0.4, 0.5) is 0 Å². The molecule has 1 aliphatic heterocycles. The molecule has 1 fully saturated rings. The monoisotopic (exact) mass is 278 g/mol. The van der Waals surface area contributed by atoms with Crippen LogP contribution in [0, 0.1) is 17.8 Å². The zero-order valence-electron chi connectivity index (χ0n) is 11.5. The second-order valence-corrected chi connectivity index (χ2v) is 7.92. The molecule has 0 aromatic carbocycles. The van der Waals surface area contributed by atoms with Gasteiger partial charge in [-0.05, 0) is 37.0 Å². The van der Waals surface area contributed by atoms with Crippen molar-refractivity contribution in [3.63, 3.8) is 0 Å². The molecule has 2 unspecified atom stereocenters. The molecule has 0 aromatic heterocycles. The number of hydrogen-bond donors (Lipinski definition) is 1. The van der Waals surface area contributed by atoms with Crippen molar-refractivity contribution in [2.75, 3.05) is 31.3 Å². The molecule has 1 heterocycles. The van der Waals surface area contributed by atoms with Crippen molar-refractivity contribution in [2.45, 2.75) is 33.1 Å². The van der Waals surface area contributed by atoms with Crippen LogP contribution in [0.1, 0.15) is 33.1 Å². The third-order valence-corrected chi connectivity index (χ3v) is 5.44. The summed E-state index contributed by atoms with van der Waals surface area (Å²) in [7, 11) is -2.85. The highest BCUT2D eigenvalue weighted by Gasteiger charge is 2.33. The lowest BCUT2D eigenvalue weighted by Gasteiger charge is -2.20. The number of aliphatic hydroxyl groups is 1. The minimum absolute atomic E-state index is 0.0632. The Morgan fingerprint density at radius 3 is 2.44 bits per heavy atom. The van der Waals surface area contributed by atoms with E-state index < -0.39 is 9.84 Å². The molecule has 2 atom stereocenters. The van der Waals surface area contributed by atoms with E-state index in [2.05, 4.69) is 13.8 Å². The summed E-state index contributed by atoms with van der Waals surface area (Å²) in [5, 5.41) is 9.35. The Bertz CT molecular complexity index is 324. The summed E-state index contributed by atoms with van der Waals surface area (Å²) in [6.45, 7) is 5.74. The predicted molar refractivity (Wildman–Crippen MR) is 72.2 cm³/mol. The van der Waals surface area contributed by atoms with Gasteiger partial charge in [-0.15, -0.1) is 0 Å². The van der Waals surface area contributed by atoms with Gasteiger partial charge < -0.3 is 9.84 Å². The Kier molecular flexibility index (Phi) is 6.60. The molecule has 0 radical (unpaired) electrons. The van der Waals surface area contributed by atoms with E-state index in [1.807, 2.05) is 0 Å². The predicted octanol–water partition coefficient (Wildman–Crippen LogP) is 1.48. The summed E-state index contributed by atoms with van der Waals surface area (Å²) in [5.41, 5.74) is 0. The van der Waals surface area contributed by atoms with E-state index in [9.17, 15) is 13.5 Å². The third kappa shape index (κ3) is 5.67. The summed E-state index contributed by atoms with van der Waals surface area (Å²) in [4.78, 5) is 0. The molecular weight excluding hydrogens is 252 g/mol. The molecule has 0 bridgehead atoms. The van der Waals surface area contributed by atoms with Gasteiger partial charge in [0.15, 0.2) is 9.84 Å². The number of aliphatic hydroxyl groups excluding tert-OH is 1. The summed E-state index contributed by atoms with van der Waals surface area (Å²) >= 11 is 0. The molecule has 0 aromatic rings. The Balaban J connectivity index is 2.22. The number of ether oxygens (including phenoxy) is 1. The quantitative estimate of drug-likeness (QED) is 0.683. The molecule has 108 valence electrons. The fraction of sp³-hybridized carbons (Fsp3) is 1.00. The van der Waals surface area contributed by atoms with Crippen LogP contribution < -0.4 is 0 Å². The third-order valence-electron chi connectivity index (χ3n) is 3.64. The fourth-order valence-electron chi connectivity index (χ4n) is 2.33. The van der Waals surface area contributed by atoms with E-state index >= 15 is 0 Å². The van der Waals surface area contributed by atoms with Crippen molar-refractivity contribution in [1.29, 1.82) is 0 Å². The first-order chi connectivity index (χ1) is 8.44. The van der Waals surface area contributed by atoms with Gasteiger partial charge in [0, 0.05) is 19.8 Å². The van der Waals surface area contributed by atoms with Crippen LogP contribution in [0.3, 0.4) is 0 Å². The molecular formula is C13H26O4S. The highest BCUT2D eigenvalue weighted by Crippen LogP contribution is 2.27. The molecule has 0 spiro atoms. The average molecular weight is 278 g/mol. The zero-order chi connectivity index (χ0) is 13.6. The van der Waals surface area contributed by atoms with Gasteiger partial charge >= 0.3 is 0 Å². The fourth-order valence-corrected chi connectivity index (χ4v) is 4.25. The molecule has 0 aliphatic carbocycles.